The minimum absolute atomic E-state index is 0.588. The van der Waals surface area contributed by atoms with Crippen LogP contribution in [0.25, 0.3) is 0 Å². The van der Waals surface area contributed by atoms with Gasteiger partial charge in [-0.05, 0) is 49.9 Å². The molecule has 1 N–H and O–H groups in total. The number of carboxylic acid groups (broad SMARTS) is 1. The van der Waals surface area contributed by atoms with Crippen molar-refractivity contribution in [3.05, 3.63) is 29.3 Å². The van der Waals surface area contributed by atoms with E-state index in [1.807, 2.05) is 6.92 Å². The Bertz CT molecular complexity index is 558. The van der Waals surface area contributed by atoms with E-state index < -0.39 is 11.4 Å². The van der Waals surface area contributed by atoms with Crippen molar-refractivity contribution in [2.24, 2.45) is 5.41 Å². The number of likely N-dealkylation sites (tertiary alicyclic amines) is 1. The summed E-state index contributed by atoms with van der Waals surface area (Å²) in [5.41, 5.74) is 3.48. The quantitative estimate of drug-likeness (QED) is 0.927. The molecule has 1 saturated heterocycles. The van der Waals surface area contributed by atoms with E-state index in [0.717, 1.165) is 38.9 Å². The highest BCUT2D eigenvalue weighted by Gasteiger charge is 2.37. The maximum atomic E-state index is 11.4. The van der Waals surface area contributed by atoms with E-state index in [0.29, 0.717) is 6.54 Å². The zero-order chi connectivity index (χ0) is 15.0. The molecule has 114 valence electrons. The normalized spacial score (nSPS) is 25.9. The summed E-state index contributed by atoms with van der Waals surface area (Å²) in [4.78, 5) is 16.0. The second kappa shape index (κ2) is 5.34. The summed E-state index contributed by atoms with van der Waals surface area (Å²) >= 11 is 0. The van der Waals surface area contributed by atoms with Gasteiger partial charge in [0.15, 0.2) is 0 Å². The predicted molar refractivity (Wildman–Crippen MR) is 83.7 cm³/mol. The van der Waals surface area contributed by atoms with Gasteiger partial charge in [0.1, 0.15) is 0 Å². The highest BCUT2D eigenvalue weighted by atomic mass is 16.4. The largest absolute Gasteiger partial charge is 0.481 e. The molecule has 0 spiro atoms. The van der Waals surface area contributed by atoms with Crippen LogP contribution >= 0.6 is 0 Å². The highest BCUT2D eigenvalue weighted by molar-refractivity contribution is 5.74. The van der Waals surface area contributed by atoms with Crippen LogP contribution < -0.4 is 4.90 Å². The number of aliphatic carboxylic acids is 1. The number of carbonyl (C=O) groups is 1. The van der Waals surface area contributed by atoms with Crippen LogP contribution in [0, 0.1) is 5.41 Å². The molecule has 3 rings (SSSR count). The predicted octanol–water partition coefficient (Wildman–Crippen LogP) is 2.37. The van der Waals surface area contributed by atoms with Crippen LogP contribution in [0.4, 0.5) is 5.69 Å². The Morgan fingerprint density at radius 3 is 2.95 bits per heavy atom. The molecule has 1 unspecified atom stereocenters. The number of fused-ring (bicyclic) bond motifs is 1. The number of hydrogen-bond acceptors (Lipinski definition) is 3. The number of rotatable bonds is 3. The molecule has 0 aliphatic carbocycles. The fourth-order valence-corrected chi connectivity index (χ4v) is 3.63. The van der Waals surface area contributed by atoms with E-state index in [4.69, 9.17) is 0 Å². The standard InChI is InChI=1S/C17H24N2O2/c1-17(16(20)21)7-3-8-19(12-17)11-13-4-5-15-14(10-13)6-9-18(15)2/h4-5,10H,3,6-9,11-12H2,1-2H3,(H,20,21). The van der Waals surface area contributed by atoms with E-state index >= 15 is 0 Å². The van der Waals surface area contributed by atoms with E-state index in [1.165, 1.54) is 16.8 Å². The molecule has 4 nitrogen and oxygen atoms in total. The molecule has 0 amide bonds. The molecule has 0 radical (unpaired) electrons. The summed E-state index contributed by atoms with van der Waals surface area (Å²) in [6, 6.07) is 6.69. The van der Waals surface area contributed by atoms with Crippen LogP contribution in [-0.2, 0) is 17.8 Å². The lowest BCUT2D eigenvalue weighted by Gasteiger charge is -2.37. The molecule has 1 fully saturated rings. The summed E-state index contributed by atoms with van der Waals surface area (Å²) in [5, 5.41) is 9.41. The molecule has 21 heavy (non-hydrogen) atoms. The van der Waals surface area contributed by atoms with Crippen LogP contribution in [-0.4, -0.2) is 42.7 Å². The lowest BCUT2D eigenvalue weighted by Crippen LogP contribution is -2.45. The molecule has 1 aromatic rings. The summed E-state index contributed by atoms with van der Waals surface area (Å²) in [7, 11) is 2.13. The van der Waals surface area contributed by atoms with Crippen molar-refractivity contribution in [3.8, 4) is 0 Å². The third kappa shape index (κ3) is 2.77. The van der Waals surface area contributed by atoms with Gasteiger partial charge in [0, 0.05) is 32.4 Å². The van der Waals surface area contributed by atoms with Crippen molar-refractivity contribution >= 4 is 11.7 Å². The first kappa shape index (κ1) is 14.4. The molecular weight excluding hydrogens is 264 g/mol. The van der Waals surface area contributed by atoms with Crippen molar-refractivity contribution in [1.82, 2.24) is 4.90 Å². The van der Waals surface area contributed by atoms with Gasteiger partial charge >= 0.3 is 5.97 Å². The number of anilines is 1. The minimum atomic E-state index is -0.664. The zero-order valence-corrected chi connectivity index (χ0v) is 12.9. The first-order chi connectivity index (χ1) is 9.98. The maximum Gasteiger partial charge on any atom is 0.310 e. The lowest BCUT2D eigenvalue weighted by atomic mass is 9.82. The molecule has 0 aromatic heterocycles. The van der Waals surface area contributed by atoms with Crippen LogP contribution in [0.1, 0.15) is 30.9 Å². The van der Waals surface area contributed by atoms with E-state index in [9.17, 15) is 9.90 Å². The average molecular weight is 288 g/mol. The van der Waals surface area contributed by atoms with Crippen molar-refractivity contribution in [2.45, 2.75) is 32.7 Å². The van der Waals surface area contributed by atoms with Crippen molar-refractivity contribution in [3.63, 3.8) is 0 Å². The highest BCUT2D eigenvalue weighted by Crippen LogP contribution is 2.32. The first-order valence-electron chi connectivity index (χ1n) is 7.77. The number of benzene rings is 1. The minimum Gasteiger partial charge on any atom is -0.481 e. The fourth-order valence-electron chi connectivity index (χ4n) is 3.63. The molecule has 2 aliphatic rings. The van der Waals surface area contributed by atoms with E-state index in [1.54, 1.807) is 0 Å². The van der Waals surface area contributed by atoms with Crippen LogP contribution in [0.15, 0.2) is 18.2 Å². The second-order valence-corrected chi connectivity index (χ2v) is 6.81. The van der Waals surface area contributed by atoms with Crippen molar-refractivity contribution < 1.29 is 9.90 Å². The second-order valence-electron chi connectivity index (χ2n) is 6.81. The monoisotopic (exact) mass is 288 g/mol. The summed E-state index contributed by atoms with van der Waals surface area (Å²) in [5.74, 6) is -0.664. The lowest BCUT2D eigenvalue weighted by molar-refractivity contribution is -0.151. The van der Waals surface area contributed by atoms with Crippen molar-refractivity contribution in [1.29, 1.82) is 0 Å². The van der Waals surface area contributed by atoms with Crippen LogP contribution in [0.2, 0.25) is 0 Å². The van der Waals surface area contributed by atoms with Crippen LogP contribution in [0.5, 0.6) is 0 Å². The Balaban J connectivity index is 1.71. The topological polar surface area (TPSA) is 43.8 Å². The SMILES string of the molecule is CN1CCc2cc(CN3CCCC(C)(C(=O)O)C3)ccc21. The van der Waals surface area contributed by atoms with Gasteiger partial charge in [0.2, 0.25) is 0 Å². The van der Waals surface area contributed by atoms with Gasteiger partial charge in [-0.3, -0.25) is 9.69 Å². The number of nitrogens with zero attached hydrogens (tertiary/aromatic N) is 2. The van der Waals surface area contributed by atoms with Gasteiger partial charge in [-0.1, -0.05) is 12.1 Å². The molecule has 1 aromatic carbocycles. The Labute approximate surface area is 126 Å². The van der Waals surface area contributed by atoms with Gasteiger partial charge < -0.3 is 10.0 Å². The van der Waals surface area contributed by atoms with E-state index in [-0.39, 0.29) is 0 Å². The molecular formula is C17H24N2O2. The third-order valence-corrected chi connectivity index (χ3v) is 4.97. The Morgan fingerprint density at radius 2 is 2.19 bits per heavy atom. The Kier molecular flexibility index (Phi) is 3.66. The summed E-state index contributed by atoms with van der Waals surface area (Å²) < 4.78 is 0. The van der Waals surface area contributed by atoms with Gasteiger partial charge in [0.05, 0.1) is 5.41 Å². The number of piperidine rings is 1. The average Bonchev–Trinajstić information content (AvgIpc) is 2.80. The molecule has 4 heteroatoms. The molecule has 2 heterocycles. The first-order valence-corrected chi connectivity index (χ1v) is 7.77. The third-order valence-electron chi connectivity index (χ3n) is 4.97. The van der Waals surface area contributed by atoms with Gasteiger partial charge in [-0.25, -0.2) is 0 Å². The number of hydrogen-bond donors (Lipinski definition) is 1. The van der Waals surface area contributed by atoms with Crippen LogP contribution in [0.3, 0.4) is 0 Å². The Hall–Kier alpha value is -1.55. The number of carboxylic acids is 1. The smallest absolute Gasteiger partial charge is 0.310 e. The van der Waals surface area contributed by atoms with E-state index in [2.05, 4.69) is 35.0 Å². The zero-order valence-electron chi connectivity index (χ0n) is 12.9. The van der Waals surface area contributed by atoms with Crippen molar-refractivity contribution in [2.75, 3.05) is 31.6 Å². The fraction of sp³-hybridized carbons (Fsp3) is 0.588. The van der Waals surface area contributed by atoms with Gasteiger partial charge in [-0.15, -0.1) is 0 Å². The van der Waals surface area contributed by atoms with Gasteiger partial charge in [0.25, 0.3) is 0 Å². The summed E-state index contributed by atoms with van der Waals surface area (Å²) in [6.45, 7) is 5.48. The summed E-state index contributed by atoms with van der Waals surface area (Å²) in [6.07, 6.45) is 2.87. The van der Waals surface area contributed by atoms with Gasteiger partial charge in [-0.2, -0.15) is 0 Å². The number of likely N-dealkylation sites (N-methyl/N-ethyl adjacent to an activating group) is 1. The molecule has 2 aliphatic heterocycles. The maximum absolute atomic E-state index is 11.4. The molecule has 0 saturated carbocycles. The Morgan fingerprint density at radius 1 is 1.38 bits per heavy atom. The molecule has 1 atom stereocenters. The molecule has 0 bridgehead atoms.